The van der Waals surface area contributed by atoms with Crippen LogP contribution in [0.15, 0.2) is 30.5 Å². The van der Waals surface area contributed by atoms with E-state index in [4.69, 9.17) is 0 Å². The summed E-state index contributed by atoms with van der Waals surface area (Å²) in [5, 5.41) is 5.50. The van der Waals surface area contributed by atoms with Gasteiger partial charge in [-0.05, 0) is 38.4 Å². The van der Waals surface area contributed by atoms with Gasteiger partial charge in [-0.3, -0.25) is 0 Å². The van der Waals surface area contributed by atoms with Crippen molar-refractivity contribution in [1.82, 2.24) is 19.5 Å². The summed E-state index contributed by atoms with van der Waals surface area (Å²) < 4.78 is 14.8. The fourth-order valence-corrected chi connectivity index (χ4v) is 2.92. The molecule has 0 bridgehead atoms. The van der Waals surface area contributed by atoms with Gasteiger partial charge in [0.25, 0.3) is 0 Å². The average Bonchev–Trinajstić information content (AvgIpc) is 3.04. The van der Waals surface area contributed by atoms with Crippen LogP contribution in [-0.4, -0.2) is 53.7 Å². The highest BCUT2D eigenvalue weighted by molar-refractivity contribution is 7.20. The minimum Gasteiger partial charge on any atom is -0.348 e. The summed E-state index contributed by atoms with van der Waals surface area (Å²) in [6, 6.07) is 6.34. The summed E-state index contributed by atoms with van der Waals surface area (Å²) in [6.45, 7) is 1.88. The number of hydrogen-bond donors (Lipinski definition) is 0. The maximum absolute atomic E-state index is 13.0. The van der Waals surface area contributed by atoms with Gasteiger partial charge < -0.3 is 9.80 Å². The molecule has 2 aromatic heterocycles. The zero-order valence-electron chi connectivity index (χ0n) is 12.8. The van der Waals surface area contributed by atoms with E-state index in [1.807, 2.05) is 13.2 Å². The number of fused-ring (bicyclic) bond motifs is 1. The van der Waals surface area contributed by atoms with Crippen molar-refractivity contribution >= 4 is 21.4 Å². The molecular formula is C15H18FN5S. The molecule has 0 spiro atoms. The molecular weight excluding hydrogens is 301 g/mol. The Balaban J connectivity index is 1.81. The second-order valence-electron chi connectivity index (χ2n) is 5.47. The van der Waals surface area contributed by atoms with E-state index in [2.05, 4.69) is 34.0 Å². The Hall–Kier alpha value is -1.99. The third-order valence-electron chi connectivity index (χ3n) is 3.38. The predicted molar refractivity (Wildman–Crippen MR) is 88.1 cm³/mol. The monoisotopic (exact) mass is 319 g/mol. The number of anilines is 1. The predicted octanol–water partition coefficient (Wildman–Crippen LogP) is 2.59. The number of hydrogen-bond acceptors (Lipinski definition) is 5. The molecule has 7 heteroatoms. The van der Waals surface area contributed by atoms with Crippen molar-refractivity contribution in [2.24, 2.45) is 0 Å². The second-order valence-corrected chi connectivity index (χ2v) is 6.40. The van der Waals surface area contributed by atoms with Crippen molar-refractivity contribution in [3.63, 3.8) is 0 Å². The first kappa shape index (κ1) is 14.9. The van der Waals surface area contributed by atoms with Gasteiger partial charge in [-0.1, -0.05) is 11.3 Å². The zero-order chi connectivity index (χ0) is 15.7. The van der Waals surface area contributed by atoms with E-state index in [9.17, 15) is 4.39 Å². The Bertz CT molecular complexity index is 730. The molecule has 0 fully saturated rings. The summed E-state index contributed by atoms with van der Waals surface area (Å²) in [6.07, 6.45) is 1.88. The van der Waals surface area contributed by atoms with Gasteiger partial charge in [0.15, 0.2) is 0 Å². The van der Waals surface area contributed by atoms with Crippen LogP contribution in [0, 0.1) is 5.82 Å². The zero-order valence-corrected chi connectivity index (χ0v) is 13.6. The molecule has 0 saturated carbocycles. The number of likely N-dealkylation sites (N-methyl/N-ethyl adjacent to an activating group) is 2. The third-order valence-corrected chi connectivity index (χ3v) is 4.42. The smallest absolute Gasteiger partial charge is 0.214 e. The summed E-state index contributed by atoms with van der Waals surface area (Å²) in [5.41, 5.74) is 1.70. The molecule has 0 atom stereocenters. The van der Waals surface area contributed by atoms with E-state index in [-0.39, 0.29) is 5.82 Å². The third kappa shape index (κ3) is 3.10. The molecule has 3 rings (SSSR count). The van der Waals surface area contributed by atoms with Gasteiger partial charge in [0.05, 0.1) is 11.9 Å². The fraction of sp³-hybridized carbons (Fsp3) is 0.333. The Kier molecular flexibility index (Phi) is 4.08. The molecule has 0 amide bonds. The molecule has 2 heterocycles. The topological polar surface area (TPSA) is 36.7 Å². The van der Waals surface area contributed by atoms with E-state index in [0.29, 0.717) is 0 Å². The van der Waals surface area contributed by atoms with Gasteiger partial charge in [0.2, 0.25) is 10.1 Å². The molecule has 0 aliphatic heterocycles. The van der Waals surface area contributed by atoms with Gasteiger partial charge in [-0.25, -0.2) is 13.9 Å². The van der Waals surface area contributed by atoms with Crippen LogP contribution < -0.4 is 4.90 Å². The highest BCUT2D eigenvalue weighted by atomic mass is 32.1. The second kappa shape index (κ2) is 6.02. The van der Waals surface area contributed by atoms with Crippen LogP contribution in [0.3, 0.4) is 0 Å². The SMILES string of the molecule is CN(C)CCN(C)c1nn2cc(-c3ccc(F)cc3)nc2s1. The van der Waals surface area contributed by atoms with Crippen LogP contribution in [0.25, 0.3) is 16.2 Å². The Morgan fingerprint density at radius 2 is 1.86 bits per heavy atom. The van der Waals surface area contributed by atoms with E-state index >= 15 is 0 Å². The van der Waals surface area contributed by atoms with Crippen molar-refractivity contribution in [3.05, 3.63) is 36.3 Å². The Morgan fingerprint density at radius 3 is 2.50 bits per heavy atom. The number of halogens is 1. The summed E-state index contributed by atoms with van der Waals surface area (Å²) in [5.74, 6) is -0.243. The lowest BCUT2D eigenvalue weighted by Crippen LogP contribution is -2.28. The molecule has 0 radical (unpaired) electrons. The molecule has 116 valence electrons. The minimum absolute atomic E-state index is 0.243. The highest BCUT2D eigenvalue weighted by Gasteiger charge is 2.12. The molecule has 0 N–H and O–H groups in total. The van der Waals surface area contributed by atoms with E-state index < -0.39 is 0 Å². The maximum Gasteiger partial charge on any atom is 0.214 e. The quantitative estimate of drug-likeness (QED) is 0.724. The van der Waals surface area contributed by atoms with Crippen LogP contribution in [0.4, 0.5) is 9.52 Å². The van der Waals surface area contributed by atoms with Gasteiger partial charge >= 0.3 is 0 Å². The van der Waals surface area contributed by atoms with Crippen LogP contribution in [0.5, 0.6) is 0 Å². The first-order valence-corrected chi connectivity index (χ1v) is 7.82. The maximum atomic E-state index is 13.0. The van der Waals surface area contributed by atoms with Crippen molar-refractivity contribution in [1.29, 1.82) is 0 Å². The fourth-order valence-electron chi connectivity index (χ4n) is 2.05. The number of rotatable bonds is 5. The van der Waals surface area contributed by atoms with Crippen molar-refractivity contribution in [2.45, 2.75) is 0 Å². The number of nitrogens with zero attached hydrogens (tertiary/aromatic N) is 5. The van der Waals surface area contributed by atoms with E-state index in [1.54, 1.807) is 28.0 Å². The van der Waals surface area contributed by atoms with Gasteiger partial charge in [-0.15, -0.1) is 5.10 Å². The molecule has 3 aromatic rings. The van der Waals surface area contributed by atoms with Gasteiger partial charge in [0, 0.05) is 25.7 Å². The average molecular weight is 319 g/mol. The summed E-state index contributed by atoms with van der Waals surface area (Å²) >= 11 is 1.55. The number of benzene rings is 1. The molecule has 0 aliphatic carbocycles. The minimum atomic E-state index is -0.243. The van der Waals surface area contributed by atoms with E-state index in [0.717, 1.165) is 34.4 Å². The van der Waals surface area contributed by atoms with Gasteiger partial charge in [0.1, 0.15) is 5.82 Å². The molecule has 1 aromatic carbocycles. The van der Waals surface area contributed by atoms with Crippen LogP contribution in [0.2, 0.25) is 0 Å². The van der Waals surface area contributed by atoms with Gasteiger partial charge in [-0.2, -0.15) is 0 Å². The van der Waals surface area contributed by atoms with E-state index in [1.165, 1.54) is 12.1 Å². The highest BCUT2D eigenvalue weighted by Crippen LogP contribution is 2.26. The number of aromatic nitrogens is 3. The van der Waals surface area contributed by atoms with Crippen LogP contribution in [-0.2, 0) is 0 Å². The first-order valence-electron chi connectivity index (χ1n) is 7.01. The largest absolute Gasteiger partial charge is 0.348 e. The van der Waals surface area contributed by atoms with Crippen LogP contribution >= 0.6 is 11.3 Å². The Morgan fingerprint density at radius 1 is 1.14 bits per heavy atom. The Labute approximate surface area is 132 Å². The summed E-state index contributed by atoms with van der Waals surface area (Å²) in [4.78, 5) is 9.67. The van der Waals surface area contributed by atoms with Crippen molar-refractivity contribution < 1.29 is 4.39 Å². The molecule has 5 nitrogen and oxygen atoms in total. The van der Waals surface area contributed by atoms with Crippen molar-refractivity contribution in [3.8, 4) is 11.3 Å². The lowest BCUT2D eigenvalue weighted by molar-refractivity contribution is 0.416. The van der Waals surface area contributed by atoms with Crippen LogP contribution in [0.1, 0.15) is 0 Å². The number of imidazole rings is 1. The molecule has 22 heavy (non-hydrogen) atoms. The lowest BCUT2D eigenvalue weighted by atomic mass is 10.2. The molecule has 0 saturated heterocycles. The summed E-state index contributed by atoms with van der Waals surface area (Å²) in [7, 11) is 6.14. The lowest BCUT2D eigenvalue weighted by Gasteiger charge is -2.17. The first-order chi connectivity index (χ1) is 10.5. The van der Waals surface area contributed by atoms with Crippen molar-refractivity contribution in [2.75, 3.05) is 39.1 Å². The normalized spacial score (nSPS) is 11.5. The molecule has 0 unspecified atom stereocenters. The standard InChI is InChI=1S/C15H18FN5S/c1-19(2)8-9-20(3)15-18-21-10-13(17-14(21)22-15)11-4-6-12(16)7-5-11/h4-7,10H,8-9H2,1-3H3. The molecule has 0 aliphatic rings.